The highest BCUT2D eigenvalue weighted by Gasteiger charge is 2.21. The van der Waals surface area contributed by atoms with Gasteiger partial charge in [0.1, 0.15) is 5.82 Å². The smallest absolute Gasteiger partial charge is 0.161 e. The third-order valence-corrected chi connectivity index (χ3v) is 3.16. The van der Waals surface area contributed by atoms with Gasteiger partial charge in [0, 0.05) is 18.3 Å². The Balaban J connectivity index is 2.08. The van der Waals surface area contributed by atoms with Crippen LogP contribution in [-0.4, -0.2) is 27.7 Å². The molecule has 0 aliphatic carbocycles. The second kappa shape index (κ2) is 6.01. The van der Waals surface area contributed by atoms with Crippen LogP contribution in [-0.2, 0) is 0 Å². The van der Waals surface area contributed by atoms with Crippen molar-refractivity contribution >= 4 is 5.82 Å². The molecular weight excluding hydrogens is 250 g/mol. The summed E-state index contributed by atoms with van der Waals surface area (Å²) in [4.78, 5) is 8.74. The first-order chi connectivity index (χ1) is 9.47. The number of rotatable bonds is 4. The molecule has 106 valence electrons. The van der Waals surface area contributed by atoms with E-state index in [1.807, 2.05) is 57.2 Å². The quantitative estimate of drug-likeness (QED) is 0.897. The zero-order valence-electron chi connectivity index (χ0n) is 12.2. The number of aliphatic hydroxyl groups excluding tert-OH is 1. The molecule has 2 rings (SSSR count). The number of hydrogen-bond acceptors (Lipinski definition) is 4. The maximum Gasteiger partial charge on any atom is 0.161 e. The predicted octanol–water partition coefficient (Wildman–Crippen LogP) is 2.96. The lowest BCUT2D eigenvalue weighted by Gasteiger charge is -2.26. The topological polar surface area (TPSA) is 58.0 Å². The summed E-state index contributed by atoms with van der Waals surface area (Å²) in [6, 6.07) is 11.6. The normalized spacial score (nSPS) is 13.0. The van der Waals surface area contributed by atoms with Crippen LogP contribution in [0.3, 0.4) is 0 Å². The van der Waals surface area contributed by atoms with Crippen LogP contribution in [0.2, 0.25) is 0 Å². The molecule has 1 unspecified atom stereocenters. The molecule has 1 aromatic heterocycles. The lowest BCUT2D eigenvalue weighted by molar-refractivity contribution is 0.0745. The number of aliphatic hydroxyl groups is 1. The van der Waals surface area contributed by atoms with E-state index in [9.17, 15) is 5.11 Å². The Morgan fingerprint density at radius 1 is 1.15 bits per heavy atom. The van der Waals surface area contributed by atoms with Crippen LogP contribution in [0, 0.1) is 5.41 Å². The number of anilines is 1. The molecule has 0 aliphatic rings. The van der Waals surface area contributed by atoms with Crippen molar-refractivity contribution in [2.75, 3.05) is 11.9 Å². The maximum atomic E-state index is 10.0. The van der Waals surface area contributed by atoms with Crippen molar-refractivity contribution in [3.05, 3.63) is 42.6 Å². The molecule has 0 radical (unpaired) electrons. The van der Waals surface area contributed by atoms with E-state index in [4.69, 9.17) is 0 Å². The highest BCUT2D eigenvalue weighted by Crippen LogP contribution is 2.20. The van der Waals surface area contributed by atoms with Crippen LogP contribution in [0.5, 0.6) is 0 Å². The molecule has 0 spiro atoms. The van der Waals surface area contributed by atoms with Gasteiger partial charge in [-0.3, -0.25) is 0 Å². The van der Waals surface area contributed by atoms with Crippen molar-refractivity contribution in [2.24, 2.45) is 5.41 Å². The van der Waals surface area contributed by atoms with E-state index in [1.54, 1.807) is 6.20 Å². The van der Waals surface area contributed by atoms with Gasteiger partial charge in [0.05, 0.1) is 6.10 Å². The molecule has 1 aromatic carbocycles. The summed E-state index contributed by atoms with van der Waals surface area (Å²) in [7, 11) is 0. The summed E-state index contributed by atoms with van der Waals surface area (Å²) in [5, 5.41) is 13.2. The van der Waals surface area contributed by atoms with Crippen molar-refractivity contribution < 1.29 is 5.11 Å². The third-order valence-electron chi connectivity index (χ3n) is 3.16. The lowest BCUT2D eigenvalue weighted by atomic mass is 9.89. The van der Waals surface area contributed by atoms with Gasteiger partial charge in [0.25, 0.3) is 0 Å². The first kappa shape index (κ1) is 14.5. The second-order valence-corrected chi connectivity index (χ2v) is 5.89. The van der Waals surface area contributed by atoms with Gasteiger partial charge in [-0.15, -0.1) is 0 Å². The van der Waals surface area contributed by atoms with Gasteiger partial charge in [-0.1, -0.05) is 51.1 Å². The van der Waals surface area contributed by atoms with Crippen molar-refractivity contribution in [1.29, 1.82) is 0 Å². The Morgan fingerprint density at radius 3 is 2.50 bits per heavy atom. The molecule has 0 amide bonds. The molecule has 4 heteroatoms. The molecule has 20 heavy (non-hydrogen) atoms. The molecular formula is C16H21N3O. The van der Waals surface area contributed by atoms with Crippen molar-refractivity contribution in [3.63, 3.8) is 0 Å². The Labute approximate surface area is 119 Å². The average Bonchev–Trinajstić information content (AvgIpc) is 2.45. The minimum absolute atomic E-state index is 0.151. The van der Waals surface area contributed by atoms with E-state index in [1.165, 1.54) is 0 Å². The predicted molar refractivity (Wildman–Crippen MR) is 81.4 cm³/mol. The molecule has 4 nitrogen and oxygen atoms in total. The minimum atomic E-state index is -0.433. The van der Waals surface area contributed by atoms with Crippen LogP contribution < -0.4 is 5.32 Å². The van der Waals surface area contributed by atoms with E-state index < -0.39 is 6.10 Å². The van der Waals surface area contributed by atoms with Gasteiger partial charge in [-0.25, -0.2) is 9.97 Å². The van der Waals surface area contributed by atoms with Crippen molar-refractivity contribution in [3.8, 4) is 11.4 Å². The first-order valence-corrected chi connectivity index (χ1v) is 6.77. The highest BCUT2D eigenvalue weighted by atomic mass is 16.3. The fourth-order valence-corrected chi connectivity index (χ4v) is 1.69. The molecule has 0 fully saturated rings. The summed E-state index contributed by atoms with van der Waals surface area (Å²) in [6.45, 7) is 6.49. The zero-order valence-corrected chi connectivity index (χ0v) is 12.2. The monoisotopic (exact) mass is 271 g/mol. The summed E-state index contributed by atoms with van der Waals surface area (Å²) >= 11 is 0. The maximum absolute atomic E-state index is 10.0. The first-order valence-electron chi connectivity index (χ1n) is 6.77. The van der Waals surface area contributed by atoms with Crippen LogP contribution in [0.1, 0.15) is 20.8 Å². The largest absolute Gasteiger partial charge is 0.391 e. The van der Waals surface area contributed by atoms with Crippen molar-refractivity contribution in [2.45, 2.75) is 26.9 Å². The SMILES string of the molecule is CC(C)(C)C(O)CNc1ccnc(-c2ccccc2)n1. The van der Waals surface area contributed by atoms with Crippen molar-refractivity contribution in [1.82, 2.24) is 9.97 Å². The Bertz CT molecular complexity index is 549. The standard InChI is InChI=1S/C16H21N3O/c1-16(2,3)13(20)11-18-14-9-10-17-15(19-14)12-7-5-4-6-8-12/h4-10,13,20H,11H2,1-3H3,(H,17,18,19). The highest BCUT2D eigenvalue weighted by molar-refractivity contribution is 5.56. The van der Waals surface area contributed by atoms with Gasteiger partial charge in [-0.2, -0.15) is 0 Å². The molecule has 0 saturated carbocycles. The van der Waals surface area contributed by atoms with Crippen LogP contribution in [0.25, 0.3) is 11.4 Å². The lowest BCUT2D eigenvalue weighted by Crippen LogP contribution is -2.33. The summed E-state index contributed by atoms with van der Waals surface area (Å²) in [6.07, 6.45) is 1.29. The van der Waals surface area contributed by atoms with E-state index in [0.29, 0.717) is 12.4 Å². The van der Waals surface area contributed by atoms with Crippen LogP contribution >= 0.6 is 0 Å². The average molecular weight is 271 g/mol. The Morgan fingerprint density at radius 2 is 1.85 bits per heavy atom. The van der Waals surface area contributed by atoms with Crippen LogP contribution in [0.15, 0.2) is 42.6 Å². The molecule has 1 heterocycles. The number of nitrogens with zero attached hydrogens (tertiary/aromatic N) is 2. The molecule has 2 N–H and O–H groups in total. The summed E-state index contributed by atoms with van der Waals surface area (Å²) in [5.41, 5.74) is 0.829. The fraction of sp³-hybridized carbons (Fsp3) is 0.375. The zero-order chi connectivity index (χ0) is 14.6. The van der Waals surface area contributed by atoms with Gasteiger partial charge >= 0.3 is 0 Å². The van der Waals surface area contributed by atoms with E-state index in [2.05, 4.69) is 15.3 Å². The van der Waals surface area contributed by atoms with E-state index in [-0.39, 0.29) is 5.41 Å². The van der Waals surface area contributed by atoms with Gasteiger partial charge < -0.3 is 10.4 Å². The number of aromatic nitrogens is 2. The molecule has 1 atom stereocenters. The fourth-order valence-electron chi connectivity index (χ4n) is 1.69. The number of hydrogen-bond donors (Lipinski definition) is 2. The second-order valence-electron chi connectivity index (χ2n) is 5.89. The van der Waals surface area contributed by atoms with Crippen LogP contribution in [0.4, 0.5) is 5.82 Å². The van der Waals surface area contributed by atoms with Gasteiger partial charge in [0.15, 0.2) is 5.82 Å². The van der Waals surface area contributed by atoms with Gasteiger partial charge in [0.2, 0.25) is 0 Å². The Kier molecular flexibility index (Phi) is 4.35. The summed E-state index contributed by atoms with van der Waals surface area (Å²) in [5.74, 6) is 1.41. The molecule has 0 saturated heterocycles. The Hall–Kier alpha value is -1.94. The molecule has 0 bridgehead atoms. The van der Waals surface area contributed by atoms with Gasteiger partial charge in [-0.05, 0) is 11.5 Å². The summed E-state index contributed by atoms with van der Waals surface area (Å²) < 4.78 is 0. The number of benzene rings is 1. The van der Waals surface area contributed by atoms with E-state index in [0.717, 1.165) is 11.4 Å². The van der Waals surface area contributed by atoms with E-state index >= 15 is 0 Å². The minimum Gasteiger partial charge on any atom is -0.391 e. The third kappa shape index (κ3) is 3.78. The molecule has 2 aromatic rings. The molecule has 0 aliphatic heterocycles. The number of nitrogens with one attached hydrogen (secondary N) is 1.